The van der Waals surface area contributed by atoms with Crippen LogP contribution in [0.15, 0.2) is 0 Å². The van der Waals surface area contributed by atoms with Crippen molar-refractivity contribution in [1.29, 1.82) is 0 Å². The Morgan fingerprint density at radius 2 is 2.30 bits per heavy atom. The van der Waals surface area contributed by atoms with Crippen LogP contribution in [-0.4, -0.2) is 65.9 Å². The summed E-state index contributed by atoms with van der Waals surface area (Å²) in [5, 5.41) is 3.23. The van der Waals surface area contributed by atoms with E-state index in [0.29, 0.717) is 19.1 Å². The second-order valence-electron chi connectivity index (χ2n) is 4.70. The minimum Gasteiger partial charge on any atom is -0.463 e. The largest absolute Gasteiger partial charge is 0.463 e. The summed E-state index contributed by atoms with van der Waals surface area (Å²) in [4.78, 5) is 14.3. The zero-order valence-electron chi connectivity index (χ0n) is 11.8. The predicted molar refractivity (Wildman–Crippen MR) is 76.3 cm³/mol. The van der Waals surface area contributed by atoms with E-state index in [4.69, 9.17) is 21.1 Å². The zero-order chi connectivity index (χ0) is 14.4. The highest BCUT2D eigenvalue weighted by molar-refractivity contribution is 6.28. The van der Waals surface area contributed by atoms with Crippen LogP contribution in [0, 0.1) is 0 Å². The van der Waals surface area contributed by atoms with Gasteiger partial charge in [-0.05, 0) is 25.1 Å². The molecule has 7 nitrogen and oxygen atoms in total. The molecule has 0 bridgehead atoms. The fourth-order valence-corrected chi connectivity index (χ4v) is 2.02. The second-order valence-corrected chi connectivity index (χ2v) is 5.03. The van der Waals surface area contributed by atoms with Gasteiger partial charge in [0.1, 0.15) is 0 Å². The van der Waals surface area contributed by atoms with Gasteiger partial charge >= 0.3 is 6.01 Å². The Balaban J connectivity index is 1.89. The first kappa shape index (κ1) is 15.2. The summed E-state index contributed by atoms with van der Waals surface area (Å²) in [5.74, 6) is 0.410. The fraction of sp³-hybridized carbons (Fsp3) is 0.750. The molecule has 1 aliphatic heterocycles. The van der Waals surface area contributed by atoms with Crippen LogP contribution in [0.1, 0.15) is 13.3 Å². The molecule has 0 spiro atoms. The fourth-order valence-electron chi connectivity index (χ4n) is 1.86. The van der Waals surface area contributed by atoms with E-state index in [-0.39, 0.29) is 17.4 Å². The lowest BCUT2D eigenvalue weighted by molar-refractivity contribution is -0.0118. The average molecular weight is 302 g/mol. The van der Waals surface area contributed by atoms with Crippen molar-refractivity contribution in [2.24, 2.45) is 0 Å². The van der Waals surface area contributed by atoms with E-state index in [1.807, 2.05) is 6.92 Å². The number of anilines is 1. The third kappa shape index (κ3) is 4.73. The topological polar surface area (TPSA) is 72.4 Å². The highest BCUT2D eigenvalue weighted by Crippen LogP contribution is 2.12. The maximum absolute atomic E-state index is 5.85. The molecule has 2 rings (SSSR count). The van der Waals surface area contributed by atoms with Gasteiger partial charge in [-0.25, -0.2) is 0 Å². The summed E-state index contributed by atoms with van der Waals surface area (Å²) in [7, 11) is 2.08. The third-order valence-electron chi connectivity index (χ3n) is 2.85. The quantitative estimate of drug-likeness (QED) is 0.842. The Morgan fingerprint density at radius 1 is 1.45 bits per heavy atom. The molecule has 112 valence electrons. The van der Waals surface area contributed by atoms with Crippen molar-refractivity contribution in [3.63, 3.8) is 0 Å². The van der Waals surface area contributed by atoms with E-state index in [1.165, 1.54) is 0 Å². The summed E-state index contributed by atoms with van der Waals surface area (Å²) in [5.41, 5.74) is 0. The number of halogens is 1. The Kier molecular flexibility index (Phi) is 5.75. The predicted octanol–water partition coefficient (Wildman–Crippen LogP) is 1.06. The molecular formula is C12H20ClN5O2. The van der Waals surface area contributed by atoms with Gasteiger partial charge in [0.2, 0.25) is 11.2 Å². The number of likely N-dealkylation sites (N-methyl/N-ethyl adjacent to an activating group) is 1. The number of rotatable bonds is 6. The number of nitrogens with one attached hydrogen (secondary N) is 1. The van der Waals surface area contributed by atoms with Crippen LogP contribution in [0.5, 0.6) is 6.01 Å². The van der Waals surface area contributed by atoms with E-state index in [1.54, 1.807) is 0 Å². The van der Waals surface area contributed by atoms with Crippen molar-refractivity contribution in [2.45, 2.75) is 19.4 Å². The van der Waals surface area contributed by atoms with Gasteiger partial charge < -0.3 is 19.7 Å². The smallest absolute Gasteiger partial charge is 0.322 e. The van der Waals surface area contributed by atoms with Gasteiger partial charge in [-0.1, -0.05) is 6.92 Å². The SMILES string of the molecule is CCCOc1nc(Cl)nc(NCC2CN(C)CCO2)n1. The van der Waals surface area contributed by atoms with Gasteiger partial charge in [-0.3, -0.25) is 0 Å². The highest BCUT2D eigenvalue weighted by atomic mass is 35.5. The van der Waals surface area contributed by atoms with Gasteiger partial charge in [0, 0.05) is 19.6 Å². The summed E-state index contributed by atoms with van der Waals surface area (Å²) < 4.78 is 11.0. The van der Waals surface area contributed by atoms with E-state index in [0.717, 1.165) is 26.1 Å². The van der Waals surface area contributed by atoms with E-state index in [9.17, 15) is 0 Å². The Morgan fingerprint density at radius 3 is 3.05 bits per heavy atom. The summed E-state index contributed by atoms with van der Waals surface area (Å²) in [6.07, 6.45) is 0.998. The first-order chi connectivity index (χ1) is 9.67. The van der Waals surface area contributed by atoms with Crippen LogP contribution in [-0.2, 0) is 4.74 Å². The first-order valence-electron chi connectivity index (χ1n) is 6.75. The molecule has 0 radical (unpaired) electrons. The number of hydrogen-bond acceptors (Lipinski definition) is 7. The monoisotopic (exact) mass is 301 g/mol. The molecule has 0 aliphatic carbocycles. The molecule has 1 N–H and O–H groups in total. The van der Waals surface area contributed by atoms with Crippen molar-refractivity contribution in [3.05, 3.63) is 5.28 Å². The molecule has 1 aliphatic rings. The Bertz CT molecular complexity index is 434. The van der Waals surface area contributed by atoms with E-state index < -0.39 is 0 Å². The molecule has 0 amide bonds. The molecule has 1 saturated heterocycles. The zero-order valence-corrected chi connectivity index (χ0v) is 12.6. The molecule has 20 heavy (non-hydrogen) atoms. The Hall–Kier alpha value is -1.18. The van der Waals surface area contributed by atoms with Crippen molar-refractivity contribution in [3.8, 4) is 6.01 Å². The maximum atomic E-state index is 5.85. The van der Waals surface area contributed by atoms with Crippen LogP contribution in [0.3, 0.4) is 0 Å². The highest BCUT2D eigenvalue weighted by Gasteiger charge is 2.18. The lowest BCUT2D eigenvalue weighted by Gasteiger charge is -2.30. The van der Waals surface area contributed by atoms with Gasteiger partial charge in [0.05, 0.1) is 19.3 Å². The van der Waals surface area contributed by atoms with Gasteiger partial charge in [-0.2, -0.15) is 15.0 Å². The van der Waals surface area contributed by atoms with E-state index >= 15 is 0 Å². The molecule has 2 heterocycles. The van der Waals surface area contributed by atoms with Crippen molar-refractivity contribution < 1.29 is 9.47 Å². The molecular weight excluding hydrogens is 282 g/mol. The number of morpholine rings is 1. The molecule has 0 saturated carbocycles. The number of nitrogens with zero attached hydrogens (tertiary/aromatic N) is 4. The van der Waals surface area contributed by atoms with Crippen LogP contribution in [0.2, 0.25) is 5.28 Å². The molecule has 1 atom stereocenters. The lowest BCUT2D eigenvalue weighted by Crippen LogP contribution is -2.43. The first-order valence-corrected chi connectivity index (χ1v) is 7.13. The van der Waals surface area contributed by atoms with Crippen LogP contribution >= 0.6 is 11.6 Å². The molecule has 1 aromatic rings. The number of ether oxygens (including phenoxy) is 2. The van der Waals surface area contributed by atoms with Crippen molar-refractivity contribution in [1.82, 2.24) is 19.9 Å². The molecule has 1 unspecified atom stereocenters. The van der Waals surface area contributed by atoms with Crippen LogP contribution in [0.4, 0.5) is 5.95 Å². The summed E-state index contributed by atoms with van der Waals surface area (Å²) in [6, 6.07) is 0.246. The lowest BCUT2D eigenvalue weighted by atomic mass is 10.3. The normalized spacial score (nSPS) is 19.9. The second kappa shape index (κ2) is 7.56. The molecule has 1 aromatic heterocycles. The standard InChI is InChI=1S/C12H20ClN5O2/c1-3-5-20-12-16-10(13)15-11(17-12)14-7-9-8-18(2)4-6-19-9/h9H,3-8H2,1-2H3,(H,14,15,16,17). The summed E-state index contributed by atoms with van der Waals surface area (Å²) >= 11 is 5.85. The van der Waals surface area contributed by atoms with Crippen LogP contribution in [0.25, 0.3) is 0 Å². The van der Waals surface area contributed by atoms with Crippen molar-refractivity contribution >= 4 is 17.5 Å². The number of aromatic nitrogens is 3. The van der Waals surface area contributed by atoms with Crippen molar-refractivity contribution in [2.75, 3.05) is 45.2 Å². The Labute approximate surface area is 123 Å². The molecule has 8 heteroatoms. The third-order valence-corrected chi connectivity index (χ3v) is 3.02. The minimum atomic E-state index is 0.115. The number of hydrogen-bond donors (Lipinski definition) is 1. The average Bonchev–Trinajstić information content (AvgIpc) is 2.42. The summed E-state index contributed by atoms with van der Waals surface area (Å²) in [6.45, 7) is 5.77. The van der Waals surface area contributed by atoms with Crippen LogP contribution < -0.4 is 10.1 Å². The van der Waals surface area contributed by atoms with Gasteiger partial charge in [0.15, 0.2) is 0 Å². The maximum Gasteiger partial charge on any atom is 0.322 e. The van der Waals surface area contributed by atoms with Gasteiger partial charge in [-0.15, -0.1) is 0 Å². The minimum absolute atomic E-state index is 0.115. The van der Waals surface area contributed by atoms with Gasteiger partial charge in [0.25, 0.3) is 0 Å². The molecule has 0 aromatic carbocycles. The van der Waals surface area contributed by atoms with E-state index in [2.05, 4.69) is 32.2 Å². The molecule has 1 fully saturated rings.